The van der Waals surface area contributed by atoms with Gasteiger partial charge in [0.1, 0.15) is 12.4 Å². The van der Waals surface area contributed by atoms with E-state index in [-0.39, 0.29) is 18.6 Å². The van der Waals surface area contributed by atoms with Crippen molar-refractivity contribution in [3.63, 3.8) is 0 Å². The molecule has 0 aromatic heterocycles. The minimum absolute atomic E-state index is 0.0550. The number of amides is 1. The van der Waals surface area contributed by atoms with Crippen molar-refractivity contribution < 1.29 is 14.3 Å². The Morgan fingerprint density at radius 3 is 2.95 bits per heavy atom. The molecule has 1 saturated heterocycles. The van der Waals surface area contributed by atoms with Gasteiger partial charge in [0, 0.05) is 18.7 Å². The Kier molecular flexibility index (Phi) is 6.02. The van der Waals surface area contributed by atoms with E-state index in [0.29, 0.717) is 19.7 Å². The van der Waals surface area contributed by atoms with Crippen LogP contribution < -0.4 is 10.1 Å². The molecule has 1 aromatic carbocycles. The molecule has 0 radical (unpaired) electrons. The number of methoxy groups -OCH3 is 1. The van der Waals surface area contributed by atoms with Crippen LogP contribution in [0.5, 0.6) is 5.75 Å². The molecule has 1 atom stereocenters. The molecular weight excluding hydrogens is 268 g/mol. The summed E-state index contributed by atoms with van der Waals surface area (Å²) < 4.78 is 10.6. The molecular formula is C16H24N2O3. The zero-order valence-corrected chi connectivity index (χ0v) is 12.8. The Bertz CT molecular complexity index is 465. The number of nitrogens with zero attached hydrogens (tertiary/aromatic N) is 1. The lowest BCUT2D eigenvalue weighted by Gasteiger charge is -2.31. The average Bonchev–Trinajstić information content (AvgIpc) is 2.53. The fraction of sp³-hybridized carbons (Fsp3) is 0.562. The van der Waals surface area contributed by atoms with Gasteiger partial charge in [-0.05, 0) is 19.0 Å². The second-order valence-corrected chi connectivity index (χ2v) is 5.14. The number of para-hydroxylation sites is 1. The lowest BCUT2D eigenvalue weighted by molar-refractivity contribution is -0.143. The predicted molar refractivity (Wildman–Crippen MR) is 81.4 cm³/mol. The SMILES string of the molecule is CCCNC(CN1CCOCC1=O)c1ccccc1OC. The van der Waals surface area contributed by atoms with E-state index in [1.165, 1.54) is 0 Å². The van der Waals surface area contributed by atoms with E-state index in [2.05, 4.69) is 18.3 Å². The maximum Gasteiger partial charge on any atom is 0.248 e. The largest absolute Gasteiger partial charge is 0.496 e. The van der Waals surface area contributed by atoms with Crippen molar-refractivity contribution >= 4 is 5.91 Å². The first-order chi connectivity index (χ1) is 10.3. The Hall–Kier alpha value is -1.59. The molecule has 1 unspecified atom stereocenters. The van der Waals surface area contributed by atoms with Crippen LogP contribution in [0.15, 0.2) is 24.3 Å². The van der Waals surface area contributed by atoms with E-state index in [0.717, 1.165) is 24.3 Å². The summed E-state index contributed by atoms with van der Waals surface area (Å²) in [6.45, 7) is 5.12. The minimum atomic E-state index is 0.0550. The summed E-state index contributed by atoms with van der Waals surface area (Å²) >= 11 is 0. The number of morpholine rings is 1. The molecule has 1 aliphatic rings. The van der Waals surface area contributed by atoms with Gasteiger partial charge in [-0.15, -0.1) is 0 Å². The standard InChI is InChI=1S/C16H24N2O3/c1-3-8-17-14(11-18-9-10-21-12-16(18)19)13-6-4-5-7-15(13)20-2/h4-7,14,17H,3,8-12H2,1-2H3. The van der Waals surface area contributed by atoms with Gasteiger partial charge >= 0.3 is 0 Å². The van der Waals surface area contributed by atoms with Gasteiger partial charge in [0.2, 0.25) is 5.91 Å². The molecule has 2 rings (SSSR count). The van der Waals surface area contributed by atoms with Crippen molar-refractivity contribution in [2.75, 3.05) is 40.0 Å². The van der Waals surface area contributed by atoms with Crippen LogP contribution in [0.3, 0.4) is 0 Å². The van der Waals surface area contributed by atoms with Gasteiger partial charge in [0.25, 0.3) is 0 Å². The van der Waals surface area contributed by atoms with Crippen molar-refractivity contribution in [3.05, 3.63) is 29.8 Å². The summed E-state index contributed by atoms with van der Waals surface area (Å²) in [7, 11) is 1.68. The summed E-state index contributed by atoms with van der Waals surface area (Å²) in [5.74, 6) is 0.909. The molecule has 5 heteroatoms. The number of rotatable bonds is 7. The monoisotopic (exact) mass is 292 g/mol. The summed E-state index contributed by atoms with van der Waals surface area (Å²) in [4.78, 5) is 13.8. The smallest absolute Gasteiger partial charge is 0.248 e. The molecule has 1 aliphatic heterocycles. The number of carbonyl (C=O) groups is 1. The third-order valence-electron chi connectivity index (χ3n) is 3.64. The van der Waals surface area contributed by atoms with Crippen LogP contribution in [-0.4, -0.2) is 50.8 Å². The molecule has 5 nitrogen and oxygen atoms in total. The summed E-state index contributed by atoms with van der Waals surface area (Å²) in [5, 5.41) is 3.51. The van der Waals surface area contributed by atoms with Crippen LogP contribution in [0.25, 0.3) is 0 Å². The van der Waals surface area contributed by atoms with Crippen LogP contribution in [0.1, 0.15) is 24.9 Å². The van der Waals surface area contributed by atoms with Crippen LogP contribution in [0.4, 0.5) is 0 Å². The number of carbonyl (C=O) groups excluding carboxylic acids is 1. The van der Waals surface area contributed by atoms with Crippen molar-refractivity contribution in [1.82, 2.24) is 10.2 Å². The van der Waals surface area contributed by atoms with Crippen molar-refractivity contribution in [2.24, 2.45) is 0 Å². The molecule has 0 bridgehead atoms. The molecule has 21 heavy (non-hydrogen) atoms. The van der Waals surface area contributed by atoms with Gasteiger partial charge in [0.15, 0.2) is 0 Å². The molecule has 0 saturated carbocycles. The number of benzene rings is 1. The Morgan fingerprint density at radius 2 is 2.24 bits per heavy atom. The summed E-state index contributed by atoms with van der Waals surface area (Å²) in [5.41, 5.74) is 1.09. The predicted octanol–water partition coefficient (Wildman–Crippen LogP) is 1.59. The van der Waals surface area contributed by atoms with Crippen molar-refractivity contribution in [3.8, 4) is 5.75 Å². The van der Waals surface area contributed by atoms with E-state index in [9.17, 15) is 4.79 Å². The van der Waals surface area contributed by atoms with Gasteiger partial charge < -0.3 is 19.7 Å². The van der Waals surface area contributed by atoms with Gasteiger partial charge in [-0.2, -0.15) is 0 Å². The number of nitrogens with one attached hydrogen (secondary N) is 1. The van der Waals surface area contributed by atoms with Gasteiger partial charge in [-0.25, -0.2) is 0 Å². The normalized spacial score (nSPS) is 16.9. The third kappa shape index (κ3) is 4.19. The van der Waals surface area contributed by atoms with Gasteiger partial charge in [-0.3, -0.25) is 4.79 Å². The maximum absolute atomic E-state index is 11.9. The molecule has 116 valence electrons. The van der Waals surface area contributed by atoms with Crippen molar-refractivity contribution in [1.29, 1.82) is 0 Å². The molecule has 1 fully saturated rings. The molecule has 1 amide bonds. The van der Waals surface area contributed by atoms with E-state index in [1.54, 1.807) is 7.11 Å². The molecule has 1 heterocycles. The topological polar surface area (TPSA) is 50.8 Å². The quantitative estimate of drug-likeness (QED) is 0.829. The Morgan fingerprint density at radius 1 is 1.43 bits per heavy atom. The average molecular weight is 292 g/mol. The second-order valence-electron chi connectivity index (χ2n) is 5.14. The highest BCUT2D eigenvalue weighted by Gasteiger charge is 2.24. The number of ether oxygens (including phenoxy) is 2. The van der Waals surface area contributed by atoms with Crippen molar-refractivity contribution in [2.45, 2.75) is 19.4 Å². The zero-order valence-electron chi connectivity index (χ0n) is 12.8. The maximum atomic E-state index is 11.9. The van der Waals surface area contributed by atoms with Gasteiger partial charge in [-0.1, -0.05) is 25.1 Å². The van der Waals surface area contributed by atoms with Gasteiger partial charge in [0.05, 0.1) is 19.8 Å². The van der Waals surface area contributed by atoms with Crippen LogP contribution >= 0.6 is 0 Å². The second kappa shape index (κ2) is 8.00. The van der Waals surface area contributed by atoms with Crippen LogP contribution in [0, 0.1) is 0 Å². The van der Waals surface area contributed by atoms with Crippen LogP contribution in [-0.2, 0) is 9.53 Å². The minimum Gasteiger partial charge on any atom is -0.496 e. The highest BCUT2D eigenvalue weighted by Crippen LogP contribution is 2.25. The summed E-state index contributed by atoms with van der Waals surface area (Å²) in [6.07, 6.45) is 1.04. The van der Waals surface area contributed by atoms with Crippen LogP contribution in [0.2, 0.25) is 0 Å². The lowest BCUT2D eigenvalue weighted by Crippen LogP contribution is -2.45. The molecule has 1 N–H and O–H groups in total. The molecule has 1 aromatic rings. The number of hydrogen-bond acceptors (Lipinski definition) is 4. The highest BCUT2D eigenvalue weighted by atomic mass is 16.5. The first-order valence-electron chi connectivity index (χ1n) is 7.48. The summed E-state index contributed by atoms with van der Waals surface area (Å²) in [6, 6.07) is 8.04. The first-order valence-corrected chi connectivity index (χ1v) is 7.48. The highest BCUT2D eigenvalue weighted by molar-refractivity contribution is 5.78. The Balaban J connectivity index is 2.15. The lowest BCUT2D eigenvalue weighted by atomic mass is 10.0. The Labute approximate surface area is 126 Å². The molecule has 0 aliphatic carbocycles. The van der Waals surface area contributed by atoms with E-state index < -0.39 is 0 Å². The fourth-order valence-corrected chi connectivity index (χ4v) is 2.51. The van der Waals surface area contributed by atoms with E-state index in [1.807, 2.05) is 23.1 Å². The number of hydrogen-bond donors (Lipinski definition) is 1. The fourth-order valence-electron chi connectivity index (χ4n) is 2.51. The first kappa shape index (κ1) is 15.8. The molecule has 0 spiro atoms. The van der Waals surface area contributed by atoms with E-state index in [4.69, 9.17) is 9.47 Å². The third-order valence-corrected chi connectivity index (χ3v) is 3.64. The van der Waals surface area contributed by atoms with E-state index >= 15 is 0 Å². The zero-order chi connectivity index (χ0) is 15.1.